The Hall–Kier alpha value is -1.04. The Kier molecular flexibility index (Phi) is 6.33. The molecular formula is C31H44FNO2S. The lowest BCUT2D eigenvalue weighted by Gasteiger charge is -2.62. The van der Waals surface area contributed by atoms with Crippen molar-refractivity contribution >= 4 is 21.6 Å². The average molecular weight is 514 g/mol. The van der Waals surface area contributed by atoms with Crippen molar-refractivity contribution in [2.45, 2.75) is 104 Å². The quantitative estimate of drug-likeness (QED) is 0.451. The summed E-state index contributed by atoms with van der Waals surface area (Å²) in [7, 11) is 0. The largest absolute Gasteiger partial charge is 0.393 e. The van der Waals surface area contributed by atoms with E-state index in [9.17, 15) is 14.6 Å². The Morgan fingerprint density at radius 3 is 2.61 bits per heavy atom. The van der Waals surface area contributed by atoms with Crippen molar-refractivity contribution < 1.29 is 14.6 Å². The fourth-order valence-electron chi connectivity index (χ4n) is 9.94. The molecule has 5 heteroatoms. The highest BCUT2D eigenvalue weighted by atomic mass is 32.1. The molecule has 2 aromatic rings. The van der Waals surface area contributed by atoms with Gasteiger partial charge in [-0.25, -0.2) is 9.37 Å². The van der Waals surface area contributed by atoms with Crippen LogP contribution in [0.25, 0.3) is 10.2 Å². The van der Waals surface area contributed by atoms with E-state index in [1.54, 1.807) is 11.3 Å². The zero-order valence-electron chi connectivity index (χ0n) is 22.5. The molecule has 0 bridgehead atoms. The fourth-order valence-corrected chi connectivity index (χ4v) is 10.9. The van der Waals surface area contributed by atoms with Crippen LogP contribution in [0.4, 0.5) is 4.39 Å². The fraction of sp³-hybridized carbons (Fsp3) is 0.774. The highest BCUT2D eigenvalue weighted by Crippen LogP contribution is 2.68. The van der Waals surface area contributed by atoms with Gasteiger partial charge in [0.1, 0.15) is 5.52 Å². The van der Waals surface area contributed by atoms with Crippen molar-refractivity contribution in [1.29, 1.82) is 0 Å². The third-order valence-corrected chi connectivity index (χ3v) is 13.0. The molecule has 198 valence electrons. The topological polar surface area (TPSA) is 53.4 Å². The number of thiazole rings is 1. The molecule has 1 aromatic carbocycles. The van der Waals surface area contributed by atoms with E-state index in [2.05, 4.69) is 25.8 Å². The van der Waals surface area contributed by atoms with Gasteiger partial charge < -0.3 is 10.2 Å². The maximum absolute atomic E-state index is 14.5. The third-order valence-electron chi connectivity index (χ3n) is 12.0. The second kappa shape index (κ2) is 9.02. The van der Waals surface area contributed by atoms with Crippen LogP contribution in [0.3, 0.4) is 0 Å². The van der Waals surface area contributed by atoms with Crippen molar-refractivity contribution in [1.82, 2.24) is 4.98 Å². The molecule has 6 rings (SSSR count). The molecule has 0 saturated heterocycles. The molecule has 4 fully saturated rings. The Balaban J connectivity index is 1.17. The number of aliphatic hydroxyl groups excluding tert-OH is 2. The van der Waals surface area contributed by atoms with Crippen LogP contribution < -0.4 is 0 Å². The van der Waals surface area contributed by atoms with E-state index in [0.29, 0.717) is 52.0 Å². The van der Waals surface area contributed by atoms with Crippen LogP contribution in [-0.4, -0.2) is 27.4 Å². The number of aliphatic hydroxyl groups is 2. The summed E-state index contributed by atoms with van der Waals surface area (Å²) in [4.78, 5) is 4.68. The summed E-state index contributed by atoms with van der Waals surface area (Å²) in [6, 6.07) is 3.86. The van der Waals surface area contributed by atoms with E-state index < -0.39 is 0 Å². The van der Waals surface area contributed by atoms with Crippen LogP contribution >= 0.6 is 11.3 Å². The van der Waals surface area contributed by atoms with Gasteiger partial charge in [-0.2, -0.15) is 0 Å². The number of fused-ring (bicyclic) bond motifs is 6. The van der Waals surface area contributed by atoms with Crippen LogP contribution in [0, 0.1) is 59.1 Å². The first-order valence-electron chi connectivity index (χ1n) is 14.5. The normalized spacial score (nSPS) is 43.1. The first kappa shape index (κ1) is 25.2. The molecule has 3 nitrogen and oxygen atoms in total. The molecule has 4 aliphatic rings. The van der Waals surface area contributed by atoms with Gasteiger partial charge in [0, 0.05) is 0 Å². The second-order valence-electron chi connectivity index (χ2n) is 13.6. The van der Waals surface area contributed by atoms with E-state index in [1.807, 2.05) is 19.1 Å². The van der Waals surface area contributed by atoms with Gasteiger partial charge >= 0.3 is 0 Å². The number of benzene rings is 1. The SMILES string of the molecule is Cc1ccc2sc(CCC(C)[C@H]3CC[C@H]4[C@@H]5[C@H](O)C[C@@H]6C[C@H](O)CC[C@]6(C)[C@H]5CC[C@]34C)nc2c1F. The van der Waals surface area contributed by atoms with Crippen LogP contribution in [0.15, 0.2) is 12.1 Å². The Morgan fingerprint density at radius 1 is 1.06 bits per heavy atom. The molecule has 1 unspecified atom stereocenters. The summed E-state index contributed by atoms with van der Waals surface area (Å²) in [6.45, 7) is 9.28. The van der Waals surface area contributed by atoms with Crippen LogP contribution in [0.2, 0.25) is 0 Å². The Labute approximate surface area is 219 Å². The summed E-state index contributed by atoms with van der Waals surface area (Å²) in [5, 5.41) is 22.9. The smallest absolute Gasteiger partial charge is 0.153 e. The molecule has 1 heterocycles. The van der Waals surface area contributed by atoms with Gasteiger partial charge in [0.2, 0.25) is 0 Å². The van der Waals surface area contributed by atoms with Gasteiger partial charge in [0.15, 0.2) is 5.82 Å². The molecule has 36 heavy (non-hydrogen) atoms. The van der Waals surface area contributed by atoms with Gasteiger partial charge in [-0.15, -0.1) is 11.3 Å². The average Bonchev–Trinajstić information content (AvgIpc) is 3.42. The summed E-state index contributed by atoms with van der Waals surface area (Å²) in [5.74, 6) is 3.23. The number of hydrogen-bond acceptors (Lipinski definition) is 4. The molecule has 4 saturated carbocycles. The number of rotatable bonds is 4. The molecule has 10 atom stereocenters. The van der Waals surface area contributed by atoms with Crippen LogP contribution in [-0.2, 0) is 6.42 Å². The van der Waals surface area contributed by atoms with Crippen LogP contribution in [0.5, 0.6) is 0 Å². The summed E-state index contributed by atoms with van der Waals surface area (Å²) in [6.07, 6.45) is 10.5. The van der Waals surface area contributed by atoms with E-state index in [1.165, 1.54) is 25.7 Å². The number of hydrogen-bond donors (Lipinski definition) is 2. The zero-order chi connectivity index (χ0) is 25.4. The van der Waals surface area contributed by atoms with Crippen molar-refractivity contribution in [2.75, 3.05) is 0 Å². The second-order valence-corrected chi connectivity index (χ2v) is 14.7. The van der Waals surface area contributed by atoms with Gasteiger partial charge in [-0.1, -0.05) is 26.8 Å². The Bertz CT molecular complexity index is 1130. The van der Waals surface area contributed by atoms with Gasteiger partial charge in [-0.3, -0.25) is 0 Å². The summed E-state index contributed by atoms with van der Waals surface area (Å²) in [5.41, 5.74) is 1.80. The standard InChI is InChI=1S/C31H44FNO2S/c1-17(6-10-26-33-29-25(36-26)9-5-18(2)28(29)32)21-7-8-22-27-23(12-14-31(21,22)4)30(3)13-11-20(34)15-19(30)16-24(27)35/h5,9,17,19-24,27,34-35H,6-8,10-16H2,1-4H3/t17?,19-,20+,21+,22-,23-,24+,27-,30-,31+/m0/s1. The highest BCUT2D eigenvalue weighted by molar-refractivity contribution is 7.18. The maximum Gasteiger partial charge on any atom is 0.153 e. The van der Waals surface area contributed by atoms with E-state index in [4.69, 9.17) is 0 Å². The molecular weight excluding hydrogens is 469 g/mol. The number of aromatic nitrogens is 1. The molecule has 4 aliphatic carbocycles. The summed E-state index contributed by atoms with van der Waals surface area (Å²) >= 11 is 1.65. The number of nitrogens with zero attached hydrogens (tertiary/aromatic N) is 1. The van der Waals surface area contributed by atoms with E-state index in [0.717, 1.165) is 48.2 Å². The summed E-state index contributed by atoms with van der Waals surface area (Å²) < 4.78 is 15.5. The predicted octanol–water partition coefficient (Wildman–Crippen LogP) is 7.30. The van der Waals surface area contributed by atoms with Crippen molar-refractivity contribution in [3.63, 3.8) is 0 Å². The Morgan fingerprint density at radius 2 is 1.81 bits per heavy atom. The molecule has 0 spiro atoms. The van der Waals surface area contributed by atoms with E-state index in [-0.39, 0.29) is 23.4 Å². The number of aryl methyl sites for hydroxylation is 2. The minimum Gasteiger partial charge on any atom is -0.393 e. The third kappa shape index (κ3) is 3.81. The van der Waals surface area contributed by atoms with Gasteiger partial charge in [0.05, 0.1) is 21.9 Å². The maximum atomic E-state index is 14.5. The lowest BCUT2D eigenvalue weighted by molar-refractivity contribution is -0.174. The lowest BCUT2D eigenvalue weighted by Crippen LogP contribution is -2.58. The molecule has 0 aliphatic heterocycles. The monoisotopic (exact) mass is 513 g/mol. The van der Waals surface area contributed by atoms with Gasteiger partial charge in [0.25, 0.3) is 0 Å². The van der Waals surface area contributed by atoms with Gasteiger partial charge in [-0.05, 0) is 129 Å². The molecule has 1 aromatic heterocycles. The van der Waals surface area contributed by atoms with Crippen molar-refractivity contribution in [2.24, 2.45) is 46.3 Å². The molecule has 0 amide bonds. The van der Waals surface area contributed by atoms with E-state index >= 15 is 0 Å². The minimum atomic E-state index is -0.210. The van der Waals surface area contributed by atoms with Crippen LogP contribution in [0.1, 0.15) is 89.1 Å². The lowest BCUT2D eigenvalue weighted by atomic mass is 9.43. The highest BCUT2D eigenvalue weighted by Gasteiger charge is 2.62. The van der Waals surface area contributed by atoms with Crippen molar-refractivity contribution in [3.8, 4) is 0 Å². The zero-order valence-corrected chi connectivity index (χ0v) is 23.3. The minimum absolute atomic E-state index is 0.166. The predicted molar refractivity (Wildman–Crippen MR) is 144 cm³/mol. The number of halogens is 1. The molecule has 2 N–H and O–H groups in total. The molecule has 0 radical (unpaired) electrons. The first-order valence-corrected chi connectivity index (χ1v) is 15.3. The van der Waals surface area contributed by atoms with Crippen molar-refractivity contribution in [3.05, 3.63) is 28.5 Å². The first-order chi connectivity index (χ1) is 17.1.